The van der Waals surface area contributed by atoms with Gasteiger partial charge in [-0.15, -0.1) is 0 Å². The Hall–Kier alpha value is -5.43. The van der Waals surface area contributed by atoms with Crippen LogP contribution in [0.15, 0.2) is 72.9 Å². The number of ether oxygens (including phenoxy) is 2. The number of urea groups is 1. The van der Waals surface area contributed by atoms with Gasteiger partial charge in [-0.2, -0.15) is 5.10 Å². The molecule has 2 unspecified atom stereocenters. The number of hydrogen-bond acceptors (Lipinski definition) is 8. The normalized spacial score (nSPS) is 17.7. The van der Waals surface area contributed by atoms with Crippen LogP contribution in [0.25, 0.3) is 5.69 Å². The molecule has 54 heavy (non-hydrogen) atoms. The van der Waals surface area contributed by atoms with Crippen molar-refractivity contribution in [2.45, 2.75) is 84.5 Å². The molecule has 286 valence electrons. The number of carbonyl (C=O) groups excluding carboxylic acids is 2. The van der Waals surface area contributed by atoms with Crippen molar-refractivity contribution < 1.29 is 19.1 Å². The molecule has 13 heteroatoms. The Kier molecular flexibility index (Phi) is 11.0. The number of carbonyl (C=O) groups is 2. The number of pyridine rings is 1. The number of aryl methyl sites for hydroxylation is 1. The third-order valence-electron chi connectivity index (χ3n) is 9.63. The Morgan fingerprint density at radius 3 is 2.26 bits per heavy atom. The summed E-state index contributed by atoms with van der Waals surface area (Å²) in [6, 6.07) is 20.8. The molecule has 6 rings (SSSR count). The van der Waals surface area contributed by atoms with Crippen LogP contribution < -0.4 is 20.9 Å². The van der Waals surface area contributed by atoms with Gasteiger partial charge in [0.1, 0.15) is 34.6 Å². The van der Waals surface area contributed by atoms with Crippen molar-refractivity contribution >= 4 is 23.8 Å². The lowest BCUT2D eigenvalue weighted by Gasteiger charge is -2.35. The van der Waals surface area contributed by atoms with E-state index in [9.17, 15) is 9.59 Å². The molecule has 1 aliphatic heterocycles. The van der Waals surface area contributed by atoms with Gasteiger partial charge in [-0.25, -0.2) is 14.3 Å². The summed E-state index contributed by atoms with van der Waals surface area (Å²) >= 11 is 0. The molecule has 1 aliphatic carbocycles. The van der Waals surface area contributed by atoms with Gasteiger partial charge in [0.25, 0.3) is 0 Å². The summed E-state index contributed by atoms with van der Waals surface area (Å²) in [5.41, 5.74) is 4.26. The molecule has 0 saturated carbocycles. The highest BCUT2D eigenvalue weighted by Crippen LogP contribution is 2.39. The van der Waals surface area contributed by atoms with Crippen molar-refractivity contribution in [1.29, 1.82) is 10.8 Å². The second-order valence-electron chi connectivity index (χ2n) is 16.2. The first kappa shape index (κ1) is 38.3. The molecular formula is C41H53N9O4. The van der Waals surface area contributed by atoms with Crippen molar-refractivity contribution in [3.63, 3.8) is 0 Å². The first-order chi connectivity index (χ1) is 25.5. The number of benzene rings is 2. The van der Waals surface area contributed by atoms with Crippen molar-refractivity contribution in [2.24, 2.45) is 0 Å². The summed E-state index contributed by atoms with van der Waals surface area (Å²) < 4.78 is 15.4. The summed E-state index contributed by atoms with van der Waals surface area (Å²) in [5, 5.41) is 28.5. The van der Waals surface area contributed by atoms with E-state index in [0.717, 1.165) is 28.1 Å². The number of hydrogen-bond donors (Lipinski definition) is 4. The maximum absolute atomic E-state index is 13.6. The van der Waals surface area contributed by atoms with Crippen LogP contribution in [0.1, 0.15) is 88.9 Å². The van der Waals surface area contributed by atoms with Crippen LogP contribution >= 0.6 is 0 Å². The SMILES string of the molecule is Cc1ccc(-n2nc(C(C)(C)C)cc2NC(=O)NC2CCC(Oc3ccc(=N)n(C(=N)CN4CCN(C(=O)OC(C)(C)C)CC4)c3)c3ccccc32)cc1. The average molecular weight is 736 g/mol. The third-order valence-corrected chi connectivity index (χ3v) is 9.63. The van der Waals surface area contributed by atoms with E-state index in [1.165, 1.54) is 4.57 Å². The van der Waals surface area contributed by atoms with Crippen LogP contribution in [0.2, 0.25) is 0 Å². The molecule has 2 aromatic heterocycles. The Morgan fingerprint density at radius 1 is 0.907 bits per heavy atom. The molecule has 4 N–H and O–H groups in total. The van der Waals surface area contributed by atoms with E-state index in [0.29, 0.717) is 57.1 Å². The lowest BCUT2D eigenvalue weighted by molar-refractivity contribution is 0.0156. The summed E-state index contributed by atoms with van der Waals surface area (Å²) in [4.78, 5) is 29.9. The summed E-state index contributed by atoms with van der Waals surface area (Å²) in [6.07, 6.45) is 2.40. The van der Waals surface area contributed by atoms with Crippen LogP contribution in [0.5, 0.6) is 5.75 Å². The fourth-order valence-corrected chi connectivity index (χ4v) is 6.69. The van der Waals surface area contributed by atoms with Crippen LogP contribution in [-0.2, 0) is 10.2 Å². The number of anilines is 1. The van der Waals surface area contributed by atoms with Gasteiger partial charge in [0.15, 0.2) is 0 Å². The highest BCUT2D eigenvalue weighted by molar-refractivity contribution is 5.89. The van der Waals surface area contributed by atoms with E-state index < -0.39 is 5.60 Å². The molecular weight excluding hydrogens is 683 g/mol. The number of nitrogens with zero attached hydrogens (tertiary/aromatic N) is 5. The number of nitrogens with one attached hydrogen (secondary N) is 4. The largest absolute Gasteiger partial charge is 0.484 e. The van der Waals surface area contributed by atoms with Gasteiger partial charge in [0.05, 0.1) is 30.2 Å². The molecule has 3 heterocycles. The Bertz CT molecular complexity index is 2050. The van der Waals surface area contributed by atoms with E-state index in [1.807, 2.05) is 82.3 Å². The zero-order chi connectivity index (χ0) is 38.8. The number of rotatable bonds is 7. The van der Waals surface area contributed by atoms with Crippen molar-refractivity contribution in [3.05, 3.63) is 101 Å². The maximum Gasteiger partial charge on any atom is 0.410 e. The quantitative estimate of drug-likeness (QED) is 0.120. The first-order valence-corrected chi connectivity index (χ1v) is 18.6. The van der Waals surface area contributed by atoms with E-state index in [-0.39, 0.29) is 41.0 Å². The lowest BCUT2D eigenvalue weighted by atomic mass is 9.85. The number of piperazine rings is 1. The number of fused-ring (bicyclic) bond motifs is 1. The molecule has 1 fully saturated rings. The van der Waals surface area contributed by atoms with Crippen molar-refractivity contribution in [2.75, 3.05) is 38.0 Å². The summed E-state index contributed by atoms with van der Waals surface area (Å²) in [5.74, 6) is 1.38. The lowest BCUT2D eigenvalue weighted by Crippen LogP contribution is -2.51. The van der Waals surface area contributed by atoms with Gasteiger partial charge in [-0.05, 0) is 75.9 Å². The molecule has 4 aromatic rings. The van der Waals surface area contributed by atoms with Crippen molar-refractivity contribution in [1.82, 2.24) is 29.5 Å². The van der Waals surface area contributed by atoms with E-state index in [4.69, 9.17) is 25.4 Å². The van der Waals surface area contributed by atoms with Gasteiger partial charge >= 0.3 is 12.1 Å². The minimum atomic E-state index is -0.551. The van der Waals surface area contributed by atoms with Gasteiger partial charge < -0.3 is 19.7 Å². The monoisotopic (exact) mass is 735 g/mol. The minimum Gasteiger partial charge on any atom is -0.484 e. The van der Waals surface area contributed by atoms with Crippen LogP contribution in [0.3, 0.4) is 0 Å². The highest BCUT2D eigenvalue weighted by Gasteiger charge is 2.31. The van der Waals surface area contributed by atoms with E-state index in [2.05, 4.69) is 36.3 Å². The Morgan fingerprint density at radius 2 is 1.59 bits per heavy atom. The zero-order valence-electron chi connectivity index (χ0n) is 32.4. The van der Waals surface area contributed by atoms with Gasteiger partial charge in [-0.3, -0.25) is 25.6 Å². The molecule has 2 aromatic carbocycles. The van der Waals surface area contributed by atoms with Crippen LogP contribution in [-0.4, -0.2) is 80.4 Å². The van der Waals surface area contributed by atoms with Crippen LogP contribution in [0, 0.1) is 17.7 Å². The second-order valence-corrected chi connectivity index (χ2v) is 16.2. The molecule has 0 spiro atoms. The Labute approximate surface area is 317 Å². The zero-order valence-corrected chi connectivity index (χ0v) is 32.4. The fraction of sp³-hybridized carbons (Fsp3) is 0.439. The maximum atomic E-state index is 13.6. The summed E-state index contributed by atoms with van der Waals surface area (Å²) in [7, 11) is 0. The fourth-order valence-electron chi connectivity index (χ4n) is 6.69. The topological polar surface area (TPSA) is 154 Å². The van der Waals surface area contributed by atoms with E-state index >= 15 is 0 Å². The Balaban J connectivity index is 1.10. The molecule has 2 atom stereocenters. The first-order valence-electron chi connectivity index (χ1n) is 18.6. The number of amides is 3. The smallest absolute Gasteiger partial charge is 0.410 e. The second kappa shape index (κ2) is 15.5. The molecule has 2 aliphatic rings. The molecule has 3 amide bonds. The molecule has 1 saturated heterocycles. The average Bonchev–Trinajstić information content (AvgIpc) is 3.54. The molecule has 13 nitrogen and oxygen atoms in total. The van der Waals surface area contributed by atoms with Crippen LogP contribution in [0.4, 0.5) is 15.4 Å². The van der Waals surface area contributed by atoms with E-state index in [1.54, 1.807) is 27.9 Å². The molecule has 0 bridgehead atoms. The van der Waals surface area contributed by atoms with Gasteiger partial charge in [0.2, 0.25) is 0 Å². The van der Waals surface area contributed by atoms with Crippen molar-refractivity contribution in [3.8, 4) is 11.4 Å². The number of aromatic nitrogens is 3. The molecule has 0 radical (unpaired) electrons. The van der Waals surface area contributed by atoms with Gasteiger partial charge in [-0.1, -0.05) is 62.7 Å². The highest BCUT2D eigenvalue weighted by atomic mass is 16.6. The predicted octanol–water partition coefficient (Wildman–Crippen LogP) is 6.91. The minimum absolute atomic E-state index is 0.178. The predicted molar refractivity (Wildman–Crippen MR) is 209 cm³/mol. The summed E-state index contributed by atoms with van der Waals surface area (Å²) in [6.45, 7) is 16.4. The third kappa shape index (κ3) is 9.19. The standard InChI is InChI=1S/C41H53N9O4/c1-27-12-14-28(15-13-27)50-37(24-34(46-50)40(2,3)4)45-38(51)44-32-17-18-33(31-11-9-8-10-30(31)32)53-29-16-19-35(42)49(25-29)36(43)26-47-20-22-48(23-21-47)39(52)54-41(5,6)7/h8-16,19,24-25,32-33,42-43H,17-18,20-23,26H2,1-7H3,(H2,44,45,51). The van der Waals surface area contributed by atoms with Gasteiger partial charge in [0, 0.05) is 37.7 Å².